The van der Waals surface area contributed by atoms with Gasteiger partial charge in [-0.3, -0.25) is 4.79 Å². The van der Waals surface area contributed by atoms with Crippen LogP contribution >= 0.6 is 11.3 Å². The number of ether oxygens (including phenoxy) is 1. The minimum atomic E-state index is -4.60. The van der Waals surface area contributed by atoms with E-state index in [0.29, 0.717) is 11.5 Å². The van der Waals surface area contributed by atoms with Gasteiger partial charge in [-0.05, 0) is 30.2 Å². The number of carbonyl (C=O) groups is 1. The number of amides is 1. The number of hydrogen-bond donors (Lipinski definition) is 1. The molecule has 0 bridgehead atoms. The monoisotopic (exact) mass is 337 g/mol. The van der Waals surface area contributed by atoms with Crippen LogP contribution in [0.3, 0.4) is 0 Å². The molecule has 1 saturated heterocycles. The van der Waals surface area contributed by atoms with Gasteiger partial charge in [0.25, 0.3) is 5.91 Å². The van der Waals surface area contributed by atoms with Crippen LogP contribution in [-0.2, 0) is 11.3 Å². The summed E-state index contributed by atoms with van der Waals surface area (Å²) in [5.41, 5.74) is 0.787. The van der Waals surface area contributed by atoms with E-state index in [1.165, 1.54) is 18.4 Å². The molecule has 1 atom stereocenters. The molecule has 1 aromatic rings. The summed E-state index contributed by atoms with van der Waals surface area (Å²) in [7, 11) is 1.54. The van der Waals surface area contributed by atoms with Gasteiger partial charge >= 0.3 is 6.18 Å². The first-order chi connectivity index (χ1) is 10.3. The van der Waals surface area contributed by atoms with Gasteiger partial charge in [0.2, 0.25) is 0 Å². The zero-order valence-corrected chi connectivity index (χ0v) is 12.9. The quantitative estimate of drug-likeness (QED) is 0.919. The van der Waals surface area contributed by atoms with Gasteiger partial charge < -0.3 is 14.7 Å². The first-order valence-corrected chi connectivity index (χ1v) is 7.82. The Bertz CT molecular complexity index is 510. The van der Waals surface area contributed by atoms with Crippen molar-refractivity contribution >= 4 is 17.2 Å². The number of carbonyl (C=O) groups excluding carboxylic acids is 1. The van der Waals surface area contributed by atoms with Gasteiger partial charge in [0.1, 0.15) is 0 Å². The van der Waals surface area contributed by atoms with Gasteiger partial charge in [0.15, 0.2) is 6.10 Å². The van der Waals surface area contributed by atoms with Crippen LogP contribution in [0.1, 0.15) is 28.1 Å². The number of thiophene rings is 1. The zero-order valence-electron chi connectivity index (χ0n) is 12.1. The molecule has 22 heavy (non-hydrogen) atoms. The van der Waals surface area contributed by atoms with Crippen molar-refractivity contribution in [2.45, 2.75) is 31.7 Å². The highest BCUT2D eigenvalue weighted by atomic mass is 32.1. The topological polar surface area (TPSA) is 49.8 Å². The van der Waals surface area contributed by atoms with Crippen molar-refractivity contribution in [3.05, 3.63) is 21.9 Å². The molecule has 0 radical (unpaired) electrons. The fourth-order valence-electron chi connectivity index (χ4n) is 2.62. The van der Waals surface area contributed by atoms with Crippen molar-refractivity contribution in [2.24, 2.45) is 5.92 Å². The van der Waals surface area contributed by atoms with E-state index >= 15 is 0 Å². The SMILES string of the molecule is COCc1ccsc1C(=O)N1CCC(C(O)C(F)(F)F)CC1. The van der Waals surface area contributed by atoms with Crippen LogP contribution in [0.4, 0.5) is 13.2 Å². The maximum absolute atomic E-state index is 12.5. The summed E-state index contributed by atoms with van der Waals surface area (Å²) in [6.45, 7) is 0.774. The van der Waals surface area contributed by atoms with E-state index in [1.54, 1.807) is 10.3 Å². The van der Waals surface area contributed by atoms with Crippen LogP contribution in [0.5, 0.6) is 0 Å². The Labute approximate surface area is 130 Å². The summed E-state index contributed by atoms with van der Waals surface area (Å²) >= 11 is 1.30. The largest absolute Gasteiger partial charge is 0.414 e. The summed E-state index contributed by atoms with van der Waals surface area (Å²) in [6.07, 6.45) is -6.61. The molecule has 0 saturated carbocycles. The molecule has 2 heterocycles. The number of halogens is 3. The maximum atomic E-state index is 12.5. The second kappa shape index (κ2) is 6.97. The number of nitrogens with zero attached hydrogens (tertiary/aromatic N) is 1. The van der Waals surface area contributed by atoms with E-state index in [4.69, 9.17) is 4.74 Å². The van der Waals surface area contributed by atoms with E-state index < -0.39 is 18.2 Å². The number of rotatable bonds is 4. The first kappa shape index (κ1) is 17.2. The van der Waals surface area contributed by atoms with Crippen LogP contribution in [0, 0.1) is 5.92 Å². The van der Waals surface area contributed by atoms with Crippen LogP contribution < -0.4 is 0 Å². The number of hydrogen-bond acceptors (Lipinski definition) is 4. The Kier molecular flexibility index (Phi) is 5.46. The summed E-state index contributed by atoms with van der Waals surface area (Å²) in [4.78, 5) is 14.5. The van der Waals surface area contributed by atoms with Gasteiger partial charge in [-0.15, -0.1) is 11.3 Å². The first-order valence-electron chi connectivity index (χ1n) is 6.94. The summed E-state index contributed by atoms with van der Waals surface area (Å²) in [5.74, 6) is -1.02. The summed E-state index contributed by atoms with van der Waals surface area (Å²) in [5, 5.41) is 11.1. The van der Waals surface area contributed by atoms with Crippen LogP contribution in [0.25, 0.3) is 0 Å². The van der Waals surface area contributed by atoms with Gasteiger partial charge in [-0.25, -0.2) is 0 Å². The van der Waals surface area contributed by atoms with Crippen molar-refractivity contribution < 1.29 is 27.8 Å². The molecule has 0 aliphatic carbocycles. The zero-order chi connectivity index (χ0) is 16.3. The van der Waals surface area contributed by atoms with Crippen LogP contribution in [0.15, 0.2) is 11.4 Å². The average molecular weight is 337 g/mol. The lowest BCUT2D eigenvalue weighted by molar-refractivity contribution is -0.222. The Morgan fingerprint density at radius 3 is 2.68 bits per heavy atom. The highest BCUT2D eigenvalue weighted by Gasteiger charge is 2.44. The lowest BCUT2D eigenvalue weighted by Gasteiger charge is -2.34. The Morgan fingerprint density at radius 1 is 1.50 bits per heavy atom. The van der Waals surface area contributed by atoms with E-state index in [-0.39, 0.29) is 31.8 Å². The third-order valence-electron chi connectivity index (χ3n) is 3.85. The Balaban J connectivity index is 1.96. The van der Waals surface area contributed by atoms with Gasteiger partial charge in [0, 0.05) is 25.8 Å². The molecule has 1 unspecified atom stereocenters. The van der Waals surface area contributed by atoms with Crippen molar-refractivity contribution in [3.63, 3.8) is 0 Å². The highest BCUT2D eigenvalue weighted by Crippen LogP contribution is 2.32. The van der Waals surface area contributed by atoms with Gasteiger partial charge in [-0.1, -0.05) is 0 Å². The van der Waals surface area contributed by atoms with Gasteiger partial charge in [0.05, 0.1) is 11.5 Å². The molecule has 0 aromatic carbocycles. The smallest absolute Gasteiger partial charge is 0.383 e. The van der Waals surface area contributed by atoms with Crippen molar-refractivity contribution in [3.8, 4) is 0 Å². The molecule has 124 valence electrons. The molecule has 2 rings (SSSR count). The van der Waals surface area contributed by atoms with Crippen molar-refractivity contribution in [1.29, 1.82) is 0 Å². The number of aliphatic hydroxyl groups is 1. The molecule has 1 aromatic heterocycles. The average Bonchev–Trinajstić information content (AvgIpc) is 2.93. The number of methoxy groups -OCH3 is 1. The Morgan fingerprint density at radius 2 is 2.14 bits per heavy atom. The molecule has 4 nitrogen and oxygen atoms in total. The predicted octanol–water partition coefficient (Wildman–Crippen LogP) is 2.67. The third-order valence-corrected chi connectivity index (χ3v) is 4.79. The third kappa shape index (κ3) is 3.80. The fraction of sp³-hybridized carbons (Fsp3) is 0.643. The normalized spacial score (nSPS) is 18.5. The number of likely N-dealkylation sites (tertiary alicyclic amines) is 1. The molecule has 1 aliphatic rings. The van der Waals surface area contributed by atoms with E-state index in [1.807, 2.05) is 6.07 Å². The lowest BCUT2D eigenvalue weighted by Crippen LogP contribution is -2.45. The second-order valence-corrected chi connectivity index (χ2v) is 6.24. The molecular weight excluding hydrogens is 319 g/mol. The summed E-state index contributed by atoms with van der Waals surface area (Å²) < 4.78 is 42.6. The second-order valence-electron chi connectivity index (χ2n) is 5.32. The van der Waals surface area contributed by atoms with Gasteiger partial charge in [-0.2, -0.15) is 13.2 Å². The number of aliphatic hydroxyl groups excluding tert-OH is 1. The van der Waals surface area contributed by atoms with Crippen molar-refractivity contribution in [2.75, 3.05) is 20.2 Å². The van der Waals surface area contributed by atoms with Crippen LogP contribution in [0.2, 0.25) is 0 Å². The standard InChI is InChI=1S/C14H18F3NO3S/c1-21-8-10-4-7-22-11(10)13(20)18-5-2-9(3-6-18)12(19)14(15,16)17/h4,7,9,12,19H,2-3,5-6,8H2,1H3. The molecular formula is C14H18F3NO3S. The minimum Gasteiger partial charge on any atom is -0.383 e. The summed E-state index contributed by atoms with van der Waals surface area (Å²) in [6, 6.07) is 1.81. The lowest BCUT2D eigenvalue weighted by atomic mass is 9.91. The number of alkyl halides is 3. The molecule has 1 fully saturated rings. The molecule has 1 aliphatic heterocycles. The van der Waals surface area contributed by atoms with E-state index in [2.05, 4.69) is 0 Å². The van der Waals surface area contributed by atoms with E-state index in [0.717, 1.165) is 5.56 Å². The Hall–Kier alpha value is -1.12. The molecule has 0 spiro atoms. The molecule has 1 N–H and O–H groups in total. The molecule has 8 heteroatoms. The van der Waals surface area contributed by atoms with E-state index in [9.17, 15) is 23.1 Å². The molecule has 1 amide bonds. The fourth-order valence-corrected chi connectivity index (χ4v) is 3.50. The maximum Gasteiger partial charge on any atom is 0.414 e. The van der Waals surface area contributed by atoms with Crippen molar-refractivity contribution in [1.82, 2.24) is 4.90 Å². The number of piperidine rings is 1. The van der Waals surface area contributed by atoms with Crippen LogP contribution in [-0.4, -0.2) is 48.4 Å². The predicted molar refractivity (Wildman–Crippen MR) is 75.7 cm³/mol. The minimum absolute atomic E-state index is 0.150. The highest BCUT2D eigenvalue weighted by molar-refractivity contribution is 7.12.